The van der Waals surface area contributed by atoms with Crippen LogP contribution in [0.5, 0.6) is 0 Å². The Hall–Kier alpha value is 0.390. The summed E-state index contributed by atoms with van der Waals surface area (Å²) in [5.74, 6) is 0. The van der Waals surface area contributed by atoms with Gasteiger partial charge < -0.3 is 5.32 Å². The highest BCUT2D eigenvalue weighted by Crippen LogP contribution is 2.02. The van der Waals surface area contributed by atoms with Crippen LogP contribution in [0.15, 0.2) is 0 Å². The third-order valence-corrected chi connectivity index (χ3v) is 1.75. The highest BCUT2D eigenvalue weighted by Gasteiger charge is 1.76. The van der Waals surface area contributed by atoms with E-state index in [1.807, 2.05) is 0 Å². The molecule has 7 heavy (non-hydrogen) atoms. The minimum atomic E-state index is 1.11. The fourth-order valence-corrected chi connectivity index (χ4v) is 1.02. The number of hydrogen-bond donors (Lipinski definition) is 1. The highest BCUT2D eigenvalue weighted by atomic mass is 31.1. The van der Waals surface area contributed by atoms with Gasteiger partial charge in [0, 0.05) is 6.29 Å². The lowest BCUT2D eigenvalue weighted by Gasteiger charge is -1.95. The Labute approximate surface area is 47.7 Å². The van der Waals surface area contributed by atoms with Crippen LogP contribution in [-0.2, 0) is 0 Å². The molecule has 44 valence electrons. The van der Waals surface area contributed by atoms with E-state index in [0.717, 1.165) is 15.1 Å². The molecular weight excluding hydrogens is 105 g/mol. The van der Waals surface area contributed by atoms with Crippen molar-refractivity contribution in [1.29, 1.82) is 0 Å². The van der Waals surface area contributed by atoms with Crippen molar-refractivity contribution < 1.29 is 0 Å². The Bertz CT molecular complexity index is 27.3. The first-order valence-corrected chi connectivity index (χ1v) is 4.24. The first-order valence-electron chi connectivity index (χ1n) is 2.83. The van der Waals surface area contributed by atoms with Gasteiger partial charge in [-0.2, -0.15) is 0 Å². The van der Waals surface area contributed by atoms with Gasteiger partial charge in [0.25, 0.3) is 0 Å². The molecule has 0 spiro atoms. The lowest BCUT2D eigenvalue weighted by Crippen LogP contribution is -2.09. The molecule has 0 aromatic heterocycles. The molecule has 0 rings (SSSR count). The summed E-state index contributed by atoms with van der Waals surface area (Å²) < 4.78 is 0. The highest BCUT2D eigenvalue weighted by molar-refractivity contribution is 7.37. The van der Waals surface area contributed by atoms with Gasteiger partial charge in [-0.1, -0.05) is 13.8 Å². The summed E-state index contributed by atoms with van der Waals surface area (Å²) in [5, 5.41) is 3.26. The predicted molar refractivity (Wildman–Crippen MR) is 37.4 cm³/mol. The van der Waals surface area contributed by atoms with Crippen molar-refractivity contribution in [3.05, 3.63) is 0 Å². The fourth-order valence-electron chi connectivity index (χ4n) is 0.338. The van der Waals surface area contributed by atoms with Crippen molar-refractivity contribution in [2.45, 2.75) is 13.8 Å². The van der Waals surface area contributed by atoms with Gasteiger partial charge in [-0.25, -0.2) is 0 Å². The molecule has 0 amide bonds. The Kier molecular flexibility index (Phi) is 6.75. The quantitative estimate of drug-likeness (QED) is 0.434. The molecule has 0 aliphatic carbocycles. The standard InChI is InChI=1S/C5H14NP/c1-3-6-5-7-4-2/h6-7H,3-5H2,1-2H3. The van der Waals surface area contributed by atoms with Crippen LogP contribution in [0.4, 0.5) is 0 Å². The second-order valence-corrected chi connectivity index (χ2v) is 2.94. The molecule has 0 aromatic rings. The van der Waals surface area contributed by atoms with Crippen LogP contribution in [-0.4, -0.2) is 19.0 Å². The van der Waals surface area contributed by atoms with Crippen LogP contribution in [0, 0.1) is 0 Å². The van der Waals surface area contributed by atoms with E-state index in [2.05, 4.69) is 19.2 Å². The van der Waals surface area contributed by atoms with Gasteiger partial charge in [0.1, 0.15) is 0 Å². The van der Waals surface area contributed by atoms with Crippen molar-refractivity contribution in [3.63, 3.8) is 0 Å². The molecule has 2 heteroatoms. The van der Waals surface area contributed by atoms with Crippen LogP contribution in [0.25, 0.3) is 0 Å². The largest absolute Gasteiger partial charge is 0.313 e. The van der Waals surface area contributed by atoms with Gasteiger partial charge >= 0.3 is 0 Å². The van der Waals surface area contributed by atoms with E-state index in [0.29, 0.717) is 0 Å². The maximum atomic E-state index is 3.26. The van der Waals surface area contributed by atoms with Crippen LogP contribution in [0.1, 0.15) is 13.8 Å². The average molecular weight is 119 g/mol. The van der Waals surface area contributed by atoms with E-state index in [9.17, 15) is 0 Å². The molecule has 0 aliphatic heterocycles. The second-order valence-electron chi connectivity index (χ2n) is 1.38. The fraction of sp³-hybridized carbons (Fsp3) is 1.00. The van der Waals surface area contributed by atoms with Crippen molar-refractivity contribution in [1.82, 2.24) is 5.32 Å². The first kappa shape index (κ1) is 7.39. The maximum Gasteiger partial charge on any atom is 0.0126 e. The Morgan fingerprint density at radius 2 is 2.14 bits per heavy atom. The number of rotatable bonds is 4. The zero-order valence-corrected chi connectivity index (χ0v) is 6.12. The molecule has 0 saturated carbocycles. The summed E-state index contributed by atoms with van der Waals surface area (Å²) in [7, 11) is 1.11. The van der Waals surface area contributed by atoms with Crippen LogP contribution >= 0.6 is 8.58 Å². The van der Waals surface area contributed by atoms with Gasteiger partial charge in [0.05, 0.1) is 0 Å². The summed E-state index contributed by atoms with van der Waals surface area (Å²) in [6, 6.07) is 0. The van der Waals surface area contributed by atoms with Crippen LogP contribution in [0.2, 0.25) is 0 Å². The second kappa shape index (κ2) is 6.39. The molecular formula is C5H14NP. The summed E-state index contributed by atoms with van der Waals surface area (Å²) in [5.41, 5.74) is 0. The van der Waals surface area contributed by atoms with Gasteiger partial charge in [-0.3, -0.25) is 0 Å². The molecule has 0 bridgehead atoms. The Morgan fingerprint density at radius 3 is 2.57 bits per heavy atom. The van der Waals surface area contributed by atoms with Crippen LogP contribution < -0.4 is 5.32 Å². The molecule has 0 heterocycles. The Balaban J connectivity index is 2.45. The normalized spacial score (nSPS) is 11.1. The molecule has 0 saturated heterocycles. The van der Waals surface area contributed by atoms with E-state index >= 15 is 0 Å². The molecule has 1 N–H and O–H groups in total. The molecule has 0 fully saturated rings. The summed E-state index contributed by atoms with van der Waals surface area (Å²) in [4.78, 5) is 0. The minimum absolute atomic E-state index is 1.11. The lowest BCUT2D eigenvalue weighted by atomic mass is 10.8. The van der Waals surface area contributed by atoms with Gasteiger partial charge in [0.2, 0.25) is 0 Å². The zero-order chi connectivity index (χ0) is 5.54. The third kappa shape index (κ3) is 6.39. The van der Waals surface area contributed by atoms with E-state index in [-0.39, 0.29) is 0 Å². The molecule has 0 aromatic carbocycles. The SMILES string of the molecule is CCNCPCC. The minimum Gasteiger partial charge on any atom is -0.313 e. The van der Waals surface area contributed by atoms with E-state index in [4.69, 9.17) is 0 Å². The molecule has 0 aliphatic rings. The van der Waals surface area contributed by atoms with Crippen molar-refractivity contribution in [2.75, 3.05) is 19.0 Å². The van der Waals surface area contributed by atoms with Gasteiger partial charge in [-0.05, 0) is 12.7 Å². The van der Waals surface area contributed by atoms with Crippen molar-refractivity contribution in [3.8, 4) is 0 Å². The smallest absolute Gasteiger partial charge is 0.0126 e. The Morgan fingerprint density at radius 1 is 1.43 bits per heavy atom. The number of nitrogens with one attached hydrogen (secondary N) is 1. The maximum absolute atomic E-state index is 3.26. The average Bonchev–Trinajstić information content (AvgIpc) is 1.69. The van der Waals surface area contributed by atoms with E-state index < -0.39 is 0 Å². The topological polar surface area (TPSA) is 12.0 Å². The third-order valence-electron chi connectivity index (χ3n) is 0.750. The van der Waals surface area contributed by atoms with Gasteiger partial charge in [0.15, 0.2) is 0 Å². The summed E-state index contributed by atoms with van der Waals surface area (Å²) in [6.07, 6.45) is 2.54. The van der Waals surface area contributed by atoms with Crippen molar-refractivity contribution >= 4 is 8.58 Å². The molecule has 1 nitrogen and oxygen atoms in total. The number of hydrogen-bond acceptors (Lipinski definition) is 1. The summed E-state index contributed by atoms with van der Waals surface area (Å²) in [6.45, 7) is 5.48. The molecule has 0 radical (unpaired) electrons. The van der Waals surface area contributed by atoms with E-state index in [1.165, 1.54) is 12.4 Å². The van der Waals surface area contributed by atoms with Crippen LogP contribution in [0.3, 0.4) is 0 Å². The monoisotopic (exact) mass is 119 g/mol. The molecule has 1 atom stereocenters. The zero-order valence-electron chi connectivity index (χ0n) is 5.12. The van der Waals surface area contributed by atoms with E-state index in [1.54, 1.807) is 0 Å². The lowest BCUT2D eigenvalue weighted by molar-refractivity contribution is 0.836. The molecule has 1 unspecified atom stereocenters. The van der Waals surface area contributed by atoms with Gasteiger partial charge in [-0.15, -0.1) is 8.58 Å². The summed E-state index contributed by atoms with van der Waals surface area (Å²) >= 11 is 0. The predicted octanol–water partition coefficient (Wildman–Crippen LogP) is 1.25. The first-order chi connectivity index (χ1) is 3.41. The van der Waals surface area contributed by atoms with Crippen molar-refractivity contribution in [2.24, 2.45) is 0 Å².